The monoisotopic (exact) mass is 264 g/mol. The van der Waals surface area contributed by atoms with Crippen LogP contribution >= 0.6 is 0 Å². The van der Waals surface area contributed by atoms with E-state index in [1.807, 2.05) is 6.08 Å². The predicted octanol–water partition coefficient (Wildman–Crippen LogP) is 4.96. The van der Waals surface area contributed by atoms with Crippen molar-refractivity contribution in [3.63, 3.8) is 0 Å². The number of unbranched alkanes of at least 4 members (excludes halogenated alkanes) is 4. The van der Waals surface area contributed by atoms with Gasteiger partial charge < -0.3 is 5.11 Å². The van der Waals surface area contributed by atoms with Gasteiger partial charge in [0, 0.05) is 6.42 Å². The van der Waals surface area contributed by atoms with Crippen LogP contribution < -0.4 is 0 Å². The van der Waals surface area contributed by atoms with Crippen molar-refractivity contribution in [2.24, 2.45) is 11.8 Å². The molecule has 0 fully saturated rings. The Labute approximate surface area is 117 Å². The lowest BCUT2D eigenvalue weighted by atomic mass is 9.84. The van der Waals surface area contributed by atoms with Crippen LogP contribution in [0.3, 0.4) is 0 Å². The number of carboxylic acids is 1. The molecule has 0 saturated heterocycles. The highest BCUT2D eigenvalue weighted by Gasteiger charge is 2.14. The van der Waals surface area contributed by atoms with Gasteiger partial charge in [0.05, 0.1) is 0 Å². The lowest BCUT2D eigenvalue weighted by Crippen LogP contribution is -2.08. The second-order valence-corrected chi connectivity index (χ2v) is 5.71. The van der Waals surface area contributed by atoms with Gasteiger partial charge >= 0.3 is 5.97 Å². The molecule has 108 valence electrons. The molecule has 0 heterocycles. The van der Waals surface area contributed by atoms with Gasteiger partial charge in [0.1, 0.15) is 0 Å². The summed E-state index contributed by atoms with van der Waals surface area (Å²) in [5.74, 6) is 0.839. The molecule has 2 unspecified atom stereocenters. The number of hydrogen-bond donors (Lipinski definition) is 1. The van der Waals surface area contributed by atoms with Crippen molar-refractivity contribution in [1.29, 1.82) is 0 Å². The fraction of sp³-hybridized carbons (Fsp3) is 0.706. The van der Waals surface area contributed by atoms with E-state index in [1.165, 1.54) is 38.5 Å². The lowest BCUT2D eigenvalue weighted by Gasteiger charge is -2.21. The normalized spacial score (nSPS) is 22.3. The van der Waals surface area contributed by atoms with Crippen LogP contribution in [0.15, 0.2) is 24.8 Å². The Morgan fingerprint density at radius 3 is 2.37 bits per heavy atom. The molecule has 1 aliphatic carbocycles. The first-order valence-electron chi connectivity index (χ1n) is 7.73. The Bertz CT molecular complexity index is 294. The Morgan fingerprint density at radius 2 is 1.74 bits per heavy atom. The highest BCUT2D eigenvalue weighted by Crippen LogP contribution is 2.28. The van der Waals surface area contributed by atoms with Gasteiger partial charge in [-0.1, -0.05) is 43.9 Å². The molecule has 2 heteroatoms. The Balaban J connectivity index is 1.97. The van der Waals surface area contributed by atoms with Crippen molar-refractivity contribution in [1.82, 2.24) is 0 Å². The number of allylic oxidation sites excluding steroid dienone is 3. The van der Waals surface area contributed by atoms with Gasteiger partial charge in [-0.2, -0.15) is 0 Å². The maximum absolute atomic E-state index is 10.4. The van der Waals surface area contributed by atoms with Crippen LogP contribution in [0.2, 0.25) is 0 Å². The first kappa shape index (κ1) is 16.0. The van der Waals surface area contributed by atoms with E-state index < -0.39 is 5.97 Å². The van der Waals surface area contributed by atoms with Gasteiger partial charge in [0.2, 0.25) is 0 Å². The summed E-state index contributed by atoms with van der Waals surface area (Å²) in [7, 11) is 0. The second-order valence-electron chi connectivity index (χ2n) is 5.71. The van der Waals surface area contributed by atoms with Crippen LogP contribution in [-0.4, -0.2) is 11.1 Å². The zero-order valence-corrected chi connectivity index (χ0v) is 12.0. The molecule has 1 aliphatic rings. The number of hydrogen-bond acceptors (Lipinski definition) is 1. The molecule has 1 N–H and O–H groups in total. The van der Waals surface area contributed by atoms with Crippen molar-refractivity contribution in [3.8, 4) is 0 Å². The number of rotatable bonds is 10. The van der Waals surface area contributed by atoms with E-state index >= 15 is 0 Å². The van der Waals surface area contributed by atoms with Crippen LogP contribution in [-0.2, 0) is 4.79 Å². The highest BCUT2D eigenvalue weighted by molar-refractivity contribution is 5.66. The summed E-state index contributed by atoms with van der Waals surface area (Å²) >= 11 is 0. The molecule has 0 saturated carbocycles. The maximum atomic E-state index is 10.4. The minimum absolute atomic E-state index is 0.329. The van der Waals surface area contributed by atoms with Gasteiger partial charge in [-0.05, 0) is 43.9 Å². The molecule has 0 bridgehead atoms. The van der Waals surface area contributed by atoms with Crippen LogP contribution in [0.5, 0.6) is 0 Å². The Morgan fingerprint density at radius 1 is 1.11 bits per heavy atom. The second kappa shape index (κ2) is 9.82. The van der Waals surface area contributed by atoms with Crippen molar-refractivity contribution in [2.75, 3.05) is 0 Å². The van der Waals surface area contributed by atoms with Gasteiger partial charge in [-0.25, -0.2) is 0 Å². The Hall–Kier alpha value is -1.05. The first-order valence-corrected chi connectivity index (χ1v) is 7.73. The quantitative estimate of drug-likeness (QED) is 0.447. The third kappa shape index (κ3) is 7.86. The molecule has 0 radical (unpaired) electrons. The number of aliphatic carboxylic acids is 1. The van der Waals surface area contributed by atoms with Crippen LogP contribution in [0, 0.1) is 11.8 Å². The van der Waals surface area contributed by atoms with Gasteiger partial charge in [0.25, 0.3) is 0 Å². The molecule has 0 aromatic rings. The molecule has 0 aromatic heterocycles. The average molecular weight is 264 g/mol. The van der Waals surface area contributed by atoms with E-state index in [0.29, 0.717) is 6.42 Å². The van der Waals surface area contributed by atoms with Crippen molar-refractivity contribution < 1.29 is 9.90 Å². The van der Waals surface area contributed by atoms with Crippen LogP contribution in [0.25, 0.3) is 0 Å². The molecule has 2 atom stereocenters. The van der Waals surface area contributed by atoms with Gasteiger partial charge in [0.15, 0.2) is 0 Å². The number of carboxylic acid groups (broad SMARTS) is 1. The van der Waals surface area contributed by atoms with Crippen LogP contribution in [0.4, 0.5) is 0 Å². The van der Waals surface area contributed by atoms with Crippen LogP contribution in [0.1, 0.15) is 64.2 Å². The summed E-state index contributed by atoms with van der Waals surface area (Å²) < 4.78 is 0. The molecule has 0 amide bonds. The summed E-state index contributed by atoms with van der Waals surface area (Å²) in [5, 5.41) is 8.53. The third-order valence-corrected chi connectivity index (χ3v) is 4.00. The standard InChI is InChI=1S/C17H28O2/c1-2-8-15-11-13-16(14-12-15)9-6-4-3-5-7-10-17(18)19/h2,11,13,15-16H,1,3-10,12,14H2,(H,18,19). The van der Waals surface area contributed by atoms with E-state index in [1.54, 1.807) is 0 Å². The van der Waals surface area contributed by atoms with Crippen molar-refractivity contribution in [3.05, 3.63) is 24.8 Å². The fourth-order valence-corrected chi connectivity index (χ4v) is 2.80. The molecule has 1 rings (SSSR count). The lowest BCUT2D eigenvalue weighted by molar-refractivity contribution is -0.137. The van der Waals surface area contributed by atoms with E-state index in [-0.39, 0.29) is 0 Å². The zero-order chi connectivity index (χ0) is 13.9. The Kier molecular flexibility index (Phi) is 8.28. The molecular weight excluding hydrogens is 236 g/mol. The summed E-state index contributed by atoms with van der Waals surface area (Å²) in [4.78, 5) is 10.4. The third-order valence-electron chi connectivity index (χ3n) is 4.00. The van der Waals surface area contributed by atoms with E-state index in [4.69, 9.17) is 5.11 Å². The maximum Gasteiger partial charge on any atom is 0.303 e. The molecule has 2 nitrogen and oxygen atoms in total. The zero-order valence-electron chi connectivity index (χ0n) is 12.0. The molecular formula is C17H28O2. The topological polar surface area (TPSA) is 37.3 Å². The van der Waals surface area contributed by atoms with E-state index in [9.17, 15) is 4.79 Å². The summed E-state index contributed by atoms with van der Waals surface area (Å²) in [5.41, 5.74) is 0. The molecule has 19 heavy (non-hydrogen) atoms. The smallest absolute Gasteiger partial charge is 0.303 e. The van der Waals surface area contributed by atoms with Gasteiger partial charge in [-0.15, -0.1) is 6.58 Å². The molecule has 0 aliphatic heterocycles. The molecule has 0 aromatic carbocycles. The largest absolute Gasteiger partial charge is 0.481 e. The highest BCUT2D eigenvalue weighted by atomic mass is 16.4. The minimum atomic E-state index is -0.665. The predicted molar refractivity (Wildman–Crippen MR) is 80.1 cm³/mol. The van der Waals surface area contributed by atoms with E-state index in [0.717, 1.165) is 31.1 Å². The summed E-state index contributed by atoms with van der Waals surface area (Å²) in [6.07, 6.45) is 17.8. The SMILES string of the molecule is C=CCC1C=CC(CCCCCCCC(=O)O)CC1. The van der Waals surface area contributed by atoms with E-state index in [2.05, 4.69) is 18.7 Å². The summed E-state index contributed by atoms with van der Waals surface area (Å²) in [6.45, 7) is 3.80. The average Bonchev–Trinajstić information content (AvgIpc) is 2.39. The first-order chi connectivity index (χ1) is 9.22. The van der Waals surface area contributed by atoms with Crippen molar-refractivity contribution in [2.45, 2.75) is 64.2 Å². The molecule has 0 spiro atoms. The van der Waals surface area contributed by atoms with Gasteiger partial charge in [-0.3, -0.25) is 4.79 Å². The summed E-state index contributed by atoms with van der Waals surface area (Å²) in [6, 6.07) is 0. The number of carbonyl (C=O) groups is 1. The minimum Gasteiger partial charge on any atom is -0.481 e. The van der Waals surface area contributed by atoms with Crippen molar-refractivity contribution >= 4 is 5.97 Å². The fourth-order valence-electron chi connectivity index (χ4n) is 2.80.